The van der Waals surface area contributed by atoms with E-state index in [0.29, 0.717) is 13.0 Å². The topological polar surface area (TPSA) is 84.9 Å². The molecule has 13 heavy (non-hydrogen) atoms. The Hall–Kier alpha value is -0.470. The molecule has 0 radical (unpaired) electrons. The molecule has 0 aliphatic carbocycles. The molecule has 0 aromatic rings. The molecule has 0 aromatic carbocycles. The Bertz CT molecular complexity index is 237. The summed E-state index contributed by atoms with van der Waals surface area (Å²) in [5.74, 6) is 0. The second-order valence-corrected chi connectivity index (χ2v) is 3.33. The molecule has 0 amide bonds. The van der Waals surface area contributed by atoms with Gasteiger partial charge < -0.3 is 0 Å². The van der Waals surface area contributed by atoms with Crippen LogP contribution in [-0.4, -0.2) is 26.4 Å². The molecule has 6 nitrogen and oxygen atoms in total. The quantitative estimate of drug-likeness (QED) is 0.272. The van der Waals surface area contributed by atoms with Gasteiger partial charge in [-0.05, 0) is 6.42 Å². The first-order valence-corrected chi connectivity index (χ1v) is 4.99. The second kappa shape index (κ2) is 6.06. The van der Waals surface area contributed by atoms with Crippen LogP contribution in [0, 0.1) is 0 Å². The fraction of sp³-hybridized carbons (Fsp3) is 0.667. The summed E-state index contributed by atoms with van der Waals surface area (Å²) >= 11 is 0. The molecule has 2 N–H and O–H groups in total. The van der Waals surface area contributed by atoms with Gasteiger partial charge >= 0.3 is 10.4 Å². The highest BCUT2D eigenvalue weighted by Gasteiger charge is 2.17. The number of hydrogen-bond acceptors (Lipinski definition) is 6. The summed E-state index contributed by atoms with van der Waals surface area (Å²) in [6, 6.07) is 0. The fourth-order valence-corrected chi connectivity index (χ4v) is 1.14. The smallest absolute Gasteiger partial charge is 0.287 e. The first-order chi connectivity index (χ1) is 6.05. The van der Waals surface area contributed by atoms with Crippen LogP contribution in [0.15, 0.2) is 12.7 Å². The molecule has 0 rings (SSSR count). The van der Waals surface area contributed by atoms with Crippen molar-refractivity contribution in [3.8, 4) is 0 Å². The SMILES string of the molecule is C=CCNC(CC)OS(=O)(=O)OO. The Morgan fingerprint density at radius 3 is 2.69 bits per heavy atom. The summed E-state index contributed by atoms with van der Waals surface area (Å²) in [5.41, 5.74) is 0. The summed E-state index contributed by atoms with van der Waals surface area (Å²) in [5, 5.41) is 10.6. The van der Waals surface area contributed by atoms with Gasteiger partial charge in [-0.1, -0.05) is 17.3 Å². The number of rotatable bonds is 7. The molecular formula is C6H13NO5S. The molecule has 0 heterocycles. The molecule has 0 aliphatic heterocycles. The Morgan fingerprint density at radius 2 is 2.31 bits per heavy atom. The van der Waals surface area contributed by atoms with Crippen molar-refractivity contribution in [2.75, 3.05) is 6.54 Å². The van der Waals surface area contributed by atoms with E-state index in [9.17, 15) is 8.42 Å². The first kappa shape index (κ1) is 12.5. The van der Waals surface area contributed by atoms with Crippen LogP contribution in [0.1, 0.15) is 13.3 Å². The van der Waals surface area contributed by atoms with Gasteiger partial charge in [-0.15, -0.1) is 6.58 Å². The van der Waals surface area contributed by atoms with Crippen molar-refractivity contribution in [1.29, 1.82) is 0 Å². The molecule has 0 fully saturated rings. The third kappa shape index (κ3) is 5.72. The number of hydrogen-bond donors (Lipinski definition) is 2. The van der Waals surface area contributed by atoms with Crippen molar-refractivity contribution in [3.05, 3.63) is 12.7 Å². The van der Waals surface area contributed by atoms with Gasteiger partial charge in [0, 0.05) is 6.54 Å². The van der Waals surface area contributed by atoms with E-state index in [4.69, 9.17) is 5.26 Å². The summed E-state index contributed by atoms with van der Waals surface area (Å²) in [6.45, 7) is 5.55. The summed E-state index contributed by atoms with van der Waals surface area (Å²) in [6.07, 6.45) is 1.24. The van der Waals surface area contributed by atoms with Crippen molar-refractivity contribution < 1.29 is 22.2 Å². The van der Waals surface area contributed by atoms with Crippen LogP contribution in [0.5, 0.6) is 0 Å². The van der Waals surface area contributed by atoms with E-state index in [1.54, 1.807) is 13.0 Å². The molecule has 0 saturated heterocycles. The van der Waals surface area contributed by atoms with Gasteiger partial charge in [-0.25, -0.2) is 9.44 Å². The highest BCUT2D eigenvalue weighted by molar-refractivity contribution is 7.81. The second-order valence-electron chi connectivity index (χ2n) is 2.17. The minimum Gasteiger partial charge on any atom is -0.287 e. The van der Waals surface area contributed by atoms with Gasteiger partial charge in [0.15, 0.2) is 0 Å². The van der Waals surface area contributed by atoms with Gasteiger partial charge in [0.1, 0.15) is 6.23 Å². The first-order valence-electron chi connectivity index (χ1n) is 3.66. The summed E-state index contributed by atoms with van der Waals surface area (Å²) < 4.78 is 28.7. The monoisotopic (exact) mass is 211 g/mol. The molecule has 0 aliphatic rings. The molecule has 7 heteroatoms. The molecule has 1 atom stereocenters. The average Bonchev–Trinajstić information content (AvgIpc) is 2.12. The predicted octanol–water partition coefficient (Wildman–Crippen LogP) is 0.249. The van der Waals surface area contributed by atoms with Gasteiger partial charge in [0.25, 0.3) is 0 Å². The van der Waals surface area contributed by atoms with E-state index in [2.05, 4.69) is 20.4 Å². The van der Waals surface area contributed by atoms with Crippen LogP contribution in [0.4, 0.5) is 0 Å². The lowest BCUT2D eigenvalue weighted by molar-refractivity contribution is -0.145. The molecule has 0 saturated carbocycles. The van der Waals surface area contributed by atoms with Gasteiger partial charge in [-0.3, -0.25) is 5.32 Å². The molecule has 0 aromatic heterocycles. The Balaban J connectivity index is 4.04. The van der Waals surface area contributed by atoms with Crippen LogP contribution >= 0.6 is 0 Å². The van der Waals surface area contributed by atoms with Crippen LogP contribution in [0.3, 0.4) is 0 Å². The minimum atomic E-state index is -4.30. The van der Waals surface area contributed by atoms with E-state index in [-0.39, 0.29) is 0 Å². The van der Waals surface area contributed by atoms with Gasteiger partial charge in [0.05, 0.1) is 0 Å². The Labute approximate surface area is 77.4 Å². The zero-order valence-electron chi connectivity index (χ0n) is 7.26. The molecule has 1 unspecified atom stereocenters. The van der Waals surface area contributed by atoms with Crippen molar-refractivity contribution in [2.45, 2.75) is 19.6 Å². The lowest BCUT2D eigenvalue weighted by Crippen LogP contribution is -2.33. The maximum Gasteiger partial charge on any atom is 0.427 e. The lowest BCUT2D eigenvalue weighted by Gasteiger charge is -2.13. The third-order valence-electron chi connectivity index (χ3n) is 1.19. The van der Waals surface area contributed by atoms with E-state index in [1.807, 2.05) is 0 Å². The Kier molecular flexibility index (Phi) is 5.84. The summed E-state index contributed by atoms with van der Waals surface area (Å²) in [4.78, 5) is 0. The van der Waals surface area contributed by atoms with Crippen LogP contribution < -0.4 is 5.32 Å². The maximum absolute atomic E-state index is 10.6. The van der Waals surface area contributed by atoms with Crippen molar-refractivity contribution in [1.82, 2.24) is 5.32 Å². The summed E-state index contributed by atoms with van der Waals surface area (Å²) in [7, 11) is -4.30. The standard InChI is InChI=1S/C6H13NO5S/c1-3-5-7-6(4-2)11-13(9,10)12-8/h3,6-8H,1,4-5H2,2H3. The van der Waals surface area contributed by atoms with Crippen LogP contribution in [0.2, 0.25) is 0 Å². The van der Waals surface area contributed by atoms with Crippen molar-refractivity contribution in [2.24, 2.45) is 0 Å². The van der Waals surface area contributed by atoms with Crippen molar-refractivity contribution in [3.63, 3.8) is 0 Å². The Morgan fingerprint density at radius 1 is 1.69 bits per heavy atom. The zero-order chi connectivity index (χ0) is 10.3. The average molecular weight is 211 g/mol. The highest BCUT2D eigenvalue weighted by Crippen LogP contribution is 2.01. The zero-order valence-corrected chi connectivity index (χ0v) is 8.08. The normalized spacial score (nSPS) is 14.0. The molecule has 0 bridgehead atoms. The van der Waals surface area contributed by atoms with E-state index in [1.165, 1.54) is 0 Å². The van der Waals surface area contributed by atoms with E-state index >= 15 is 0 Å². The molecule has 0 spiro atoms. The predicted molar refractivity (Wildman–Crippen MR) is 46.0 cm³/mol. The maximum atomic E-state index is 10.6. The van der Waals surface area contributed by atoms with E-state index < -0.39 is 16.6 Å². The highest BCUT2D eigenvalue weighted by atomic mass is 32.3. The lowest BCUT2D eigenvalue weighted by atomic mass is 10.4. The van der Waals surface area contributed by atoms with E-state index in [0.717, 1.165) is 0 Å². The van der Waals surface area contributed by atoms with Crippen molar-refractivity contribution >= 4 is 10.4 Å². The molecule has 78 valence electrons. The van der Waals surface area contributed by atoms with Crippen LogP contribution in [-0.2, 0) is 18.9 Å². The fourth-order valence-electron chi connectivity index (χ4n) is 0.621. The minimum absolute atomic E-state index is 0.402. The molecular weight excluding hydrogens is 198 g/mol. The number of nitrogens with one attached hydrogen (secondary N) is 1. The van der Waals surface area contributed by atoms with Crippen LogP contribution in [0.25, 0.3) is 0 Å². The third-order valence-corrected chi connectivity index (χ3v) is 1.84. The van der Waals surface area contributed by atoms with Gasteiger partial charge in [-0.2, -0.15) is 8.42 Å². The largest absolute Gasteiger partial charge is 0.427 e. The van der Waals surface area contributed by atoms with Gasteiger partial charge in [0.2, 0.25) is 0 Å².